The molecule has 2 aromatic carbocycles. The number of carbonyl (C=O) groups excluding carboxylic acids is 2. The van der Waals surface area contributed by atoms with Gasteiger partial charge in [-0.15, -0.1) is 0 Å². The van der Waals surface area contributed by atoms with Gasteiger partial charge >= 0.3 is 11.6 Å². The van der Waals surface area contributed by atoms with Gasteiger partial charge in [-0.3, -0.25) is 9.59 Å². The molecule has 30 heavy (non-hydrogen) atoms. The highest BCUT2D eigenvalue weighted by atomic mass is 35.5. The highest BCUT2D eigenvalue weighted by molar-refractivity contribution is 6.39. The maximum Gasteiger partial charge on any atom is 0.347 e. The van der Waals surface area contributed by atoms with Crippen molar-refractivity contribution in [2.75, 3.05) is 0 Å². The summed E-state index contributed by atoms with van der Waals surface area (Å²) in [5, 5.41) is 0.957. The van der Waals surface area contributed by atoms with E-state index in [-0.39, 0.29) is 53.7 Å². The van der Waals surface area contributed by atoms with Crippen LogP contribution in [0.25, 0.3) is 21.9 Å². The molecule has 0 amide bonds. The zero-order chi connectivity index (χ0) is 21.3. The fourth-order valence-electron chi connectivity index (χ4n) is 3.40. The number of hydrogen-bond acceptors (Lipinski definition) is 6. The highest BCUT2D eigenvalue weighted by Gasteiger charge is 2.41. The molecule has 0 spiro atoms. The van der Waals surface area contributed by atoms with Crippen LogP contribution in [0.15, 0.2) is 44.0 Å². The molecule has 0 saturated carbocycles. The topological polar surface area (TPSA) is 86.7 Å². The maximum absolute atomic E-state index is 13.0. The molecule has 1 unspecified atom stereocenters. The Balaban J connectivity index is 1.74. The molecule has 0 bridgehead atoms. The first kappa shape index (κ1) is 19.5. The molecule has 0 N–H and O–H groups in total. The molecule has 150 valence electrons. The smallest absolute Gasteiger partial charge is 0.347 e. The number of carbonyl (C=O) groups is 2. The van der Waals surface area contributed by atoms with Crippen molar-refractivity contribution in [3.05, 3.63) is 72.2 Å². The number of halogens is 4. The Hall–Kier alpha value is -2.51. The van der Waals surface area contributed by atoms with E-state index >= 15 is 0 Å². The van der Waals surface area contributed by atoms with Gasteiger partial charge in [-0.1, -0.05) is 46.4 Å². The summed E-state index contributed by atoms with van der Waals surface area (Å²) in [6.45, 7) is 0. The molecule has 6 nitrogen and oxygen atoms in total. The molecule has 1 atom stereocenters. The zero-order valence-corrected chi connectivity index (χ0v) is 17.4. The second-order valence-corrected chi connectivity index (χ2v) is 8.22. The molecular formula is C20H6Cl4O6. The van der Waals surface area contributed by atoms with Gasteiger partial charge in [-0.05, 0) is 30.3 Å². The predicted molar refractivity (Wildman–Crippen MR) is 111 cm³/mol. The minimum absolute atomic E-state index is 0.0198. The molecule has 3 heterocycles. The van der Waals surface area contributed by atoms with E-state index in [0.29, 0.717) is 5.39 Å². The lowest BCUT2D eigenvalue weighted by atomic mass is 9.92. The Bertz CT molecular complexity index is 1480. The first-order valence-electron chi connectivity index (χ1n) is 8.35. The van der Waals surface area contributed by atoms with Gasteiger partial charge in [0.2, 0.25) is 0 Å². The predicted octanol–water partition coefficient (Wildman–Crippen LogP) is 6.04. The number of esters is 1. The van der Waals surface area contributed by atoms with Crippen LogP contribution >= 0.6 is 46.4 Å². The van der Waals surface area contributed by atoms with Crippen molar-refractivity contribution in [1.29, 1.82) is 0 Å². The molecule has 5 rings (SSSR count). The second kappa shape index (κ2) is 6.75. The van der Waals surface area contributed by atoms with Gasteiger partial charge in [0.05, 0.1) is 21.0 Å². The molecule has 0 fully saturated rings. The van der Waals surface area contributed by atoms with Crippen molar-refractivity contribution < 1.29 is 23.2 Å². The van der Waals surface area contributed by atoms with Crippen LogP contribution in [-0.2, 0) is 4.79 Å². The summed E-state index contributed by atoms with van der Waals surface area (Å²) in [5.74, 6) is -3.16. The number of ketones is 1. The van der Waals surface area contributed by atoms with Crippen LogP contribution < -0.4 is 10.4 Å². The highest BCUT2D eigenvalue weighted by Crippen LogP contribution is 2.41. The number of furan rings is 1. The van der Waals surface area contributed by atoms with Crippen molar-refractivity contribution >= 4 is 80.1 Å². The molecule has 0 radical (unpaired) electrons. The third kappa shape index (κ3) is 2.83. The summed E-state index contributed by atoms with van der Waals surface area (Å²) in [7, 11) is 0. The SMILES string of the molecule is O=C1Oc2c(Cl)cc(Cl)cc2C(=O)C1c1cc2c(=O)oc3c(Cl)cc(Cl)cc3c2o1. The molecular weight excluding hydrogens is 478 g/mol. The summed E-state index contributed by atoms with van der Waals surface area (Å²) in [5.41, 5.74) is -0.572. The van der Waals surface area contributed by atoms with Gasteiger partial charge in [-0.2, -0.15) is 0 Å². The first-order valence-corrected chi connectivity index (χ1v) is 9.86. The summed E-state index contributed by atoms with van der Waals surface area (Å²) >= 11 is 24.2. The molecule has 2 aromatic heterocycles. The third-order valence-corrected chi connectivity index (χ3v) is 5.68. The summed E-state index contributed by atoms with van der Waals surface area (Å²) in [6, 6.07) is 6.87. The van der Waals surface area contributed by atoms with E-state index in [9.17, 15) is 14.4 Å². The van der Waals surface area contributed by atoms with Crippen LogP contribution in [0.4, 0.5) is 0 Å². The Morgan fingerprint density at radius 2 is 1.43 bits per heavy atom. The normalized spacial score (nSPS) is 16.2. The van der Waals surface area contributed by atoms with Gasteiger partial charge in [0, 0.05) is 10.0 Å². The molecule has 1 aliphatic rings. The van der Waals surface area contributed by atoms with E-state index in [1.54, 1.807) is 0 Å². The number of hydrogen-bond donors (Lipinski definition) is 0. The third-order valence-electron chi connectivity index (χ3n) is 4.68. The number of benzene rings is 2. The Labute approximate surface area is 186 Å². The van der Waals surface area contributed by atoms with Gasteiger partial charge in [-0.25, -0.2) is 4.79 Å². The van der Waals surface area contributed by atoms with Crippen molar-refractivity contribution in [3.63, 3.8) is 0 Å². The Kier molecular flexibility index (Phi) is 4.38. The van der Waals surface area contributed by atoms with Crippen LogP contribution in [0.3, 0.4) is 0 Å². The van der Waals surface area contributed by atoms with Crippen molar-refractivity contribution in [2.24, 2.45) is 0 Å². The lowest BCUT2D eigenvalue weighted by Gasteiger charge is -2.21. The number of fused-ring (bicyclic) bond motifs is 4. The zero-order valence-electron chi connectivity index (χ0n) is 14.4. The van der Waals surface area contributed by atoms with Crippen LogP contribution in [-0.4, -0.2) is 11.8 Å². The Morgan fingerprint density at radius 1 is 0.733 bits per heavy atom. The van der Waals surface area contributed by atoms with Crippen LogP contribution in [0.5, 0.6) is 5.75 Å². The fraction of sp³-hybridized carbons (Fsp3) is 0.0500. The molecule has 4 aromatic rings. The number of ether oxygens (including phenoxy) is 1. The molecule has 10 heteroatoms. The maximum atomic E-state index is 13.0. The minimum atomic E-state index is -1.46. The summed E-state index contributed by atoms with van der Waals surface area (Å²) in [6.07, 6.45) is 0. The van der Waals surface area contributed by atoms with Gasteiger partial charge in [0.25, 0.3) is 0 Å². The van der Waals surface area contributed by atoms with Crippen molar-refractivity contribution in [2.45, 2.75) is 5.92 Å². The average Bonchev–Trinajstić information content (AvgIpc) is 3.10. The van der Waals surface area contributed by atoms with Crippen LogP contribution in [0.2, 0.25) is 20.1 Å². The average molecular weight is 484 g/mol. The van der Waals surface area contributed by atoms with Crippen LogP contribution in [0.1, 0.15) is 22.0 Å². The van der Waals surface area contributed by atoms with E-state index in [2.05, 4.69) is 0 Å². The fourth-order valence-corrected chi connectivity index (χ4v) is 4.46. The van der Waals surface area contributed by atoms with Crippen molar-refractivity contribution in [1.82, 2.24) is 0 Å². The van der Waals surface area contributed by atoms with Crippen LogP contribution in [0, 0.1) is 0 Å². The van der Waals surface area contributed by atoms with E-state index in [4.69, 9.17) is 60.0 Å². The lowest BCUT2D eigenvalue weighted by Crippen LogP contribution is -2.31. The lowest BCUT2D eigenvalue weighted by molar-refractivity contribution is -0.135. The van der Waals surface area contributed by atoms with Gasteiger partial charge in [0.1, 0.15) is 11.1 Å². The number of rotatable bonds is 1. The molecule has 1 aliphatic heterocycles. The largest absolute Gasteiger partial charge is 0.459 e. The minimum Gasteiger partial charge on any atom is -0.459 e. The molecule has 0 saturated heterocycles. The van der Waals surface area contributed by atoms with Gasteiger partial charge in [0.15, 0.2) is 28.6 Å². The summed E-state index contributed by atoms with van der Waals surface area (Å²) in [4.78, 5) is 38.1. The monoisotopic (exact) mass is 482 g/mol. The van der Waals surface area contributed by atoms with E-state index in [1.165, 1.54) is 30.3 Å². The van der Waals surface area contributed by atoms with Crippen molar-refractivity contribution in [3.8, 4) is 5.75 Å². The first-order chi connectivity index (χ1) is 14.2. The number of Topliss-reactive ketones (excluding diaryl/α,β-unsaturated/α-hetero) is 1. The quantitative estimate of drug-likeness (QED) is 0.142. The molecule has 0 aliphatic carbocycles. The second-order valence-electron chi connectivity index (χ2n) is 6.53. The standard InChI is InChI=1S/C20H6Cl4O6/c21-6-1-8-15(25)14(20(27)30-17(8)11(23)3-6)13-5-10-16(28-13)9-2-7(22)4-12(24)18(9)29-19(10)26/h1-5,14H. The Morgan fingerprint density at radius 3 is 2.20 bits per heavy atom. The van der Waals surface area contributed by atoms with Gasteiger partial charge < -0.3 is 13.6 Å². The van der Waals surface area contributed by atoms with E-state index in [1.807, 2.05) is 0 Å². The summed E-state index contributed by atoms with van der Waals surface area (Å²) < 4.78 is 16.3. The van der Waals surface area contributed by atoms with E-state index < -0.39 is 23.3 Å². The van der Waals surface area contributed by atoms with E-state index in [0.717, 1.165) is 0 Å².